The molecule has 1 unspecified atom stereocenters. The summed E-state index contributed by atoms with van der Waals surface area (Å²) in [5.74, 6) is 0.528. The molecule has 0 aliphatic rings. The van der Waals surface area contributed by atoms with Gasteiger partial charge >= 0.3 is 0 Å². The monoisotopic (exact) mass is 164 g/mol. The Kier molecular flexibility index (Phi) is 6.45. The average molecular weight is 164 g/mol. The fourth-order valence-electron chi connectivity index (χ4n) is 1.20. The predicted octanol–water partition coefficient (Wildman–Crippen LogP) is 4.11. The molecule has 1 atom stereocenters. The van der Waals surface area contributed by atoms with E-state index in [4.69, 9.17) is 0 Å². The smallest absolute Gasteiger partial charge is 0.00543 e. The van der Waals surface area contributed by atoms with E-state index in [-0.39, 0.29) is 0 Å². The van der Waals surface area contributed by atoms with E-state index in [0.717, 1.165) is 12.8 Å². The number of allylic oxidation sites excluding steroid dienone is 5. The van der Waals surface area contributed by atoms with Crippen LogP contribution in [-0.4, -0.2) is 0 Å². The van der Waals surface area contributed by atoms with Crippen LogP contribution in [-0.2, 0) is 0 Å². The number of hydrogen-bond acceptors (Lipinski definition) is 0. The van der Waals surface area contributed by atoms with Crippen LogP contribution in [0.25, 0.3) is 0 Å². The van der Waals surface area contributed by atoms with Crippen LogP contribution >= 0.6 is 0 Å². The minimum Gasteiger partial charge on any atom is -0.102 e. The van der Waals surface area contributed by atoms with Crippen LogP contribution in [0, 0.1) is 5.92 Å². The SMILES string of the molecule is C=CC(C)C(=CC)CCC=CC. The molecular formula is C12H20. The quantitative estimate of drug-likeness (QED) is 0.536. The molecule has 0 heterocycles. The Morgan fingerprint density at radius 3 is 2.50 bits per heavy atom. The van der Waals surface area contributed by atoms with Crippen LogP contribution in [0.5, 0.6) is 0 Å². The Morgan fingerprint density at radius 1 is 1.42 bits per heavy atom. The van der Waals surface area contributed by atoms with Crippen LogP contribution in [0.15, 0.2) is 36.5 Å². The van der Waals surface area contributed by atoms with E-state index in [1.807, 2.05) is 6.08 Å². The van der Waals surface area contributed by atoms with Gasteiger partial charge in [-0.15, -0.1) is 6.58 Å². The molecule has 12 heavy (non-hydrogen) atoms. The molecule has 0 aromatic heterocycles. The highest BCUT2D eigenvalue weighted by molar-refractivity contribution is 5.10. The van der Waals surface area contributed by atoms with Crippen molar-refractivity contribution in [3.63, 3.8) is 0 Å². The van der Waals surface area contributed by atoms with Gasteiger partial charge in [0.25, 0.3) is 0 Å². The zero-order valence-corrected chi connectivity index (χ0v) is 8.51. The minimum absolute atomic E-state index is 0.528. The van der Waals surface area contributed by atoms with E-state index < -0.39 is 0 Å². The van der Waals surface area contributed by atoms with Gasteiger partial charge in [-0.1, -0.05) is 36.8 Å². The number of hydrogen-bond donors (Lipinski definition) is 0. The summed E-state index contributed by atoms with van der Waals surface area (Å²) in [5, 5.41) is 0. The molecule has 0 radical (unpaired) electrons. The fraction of sp³-hybridized carbons (Fsp3) is 0.500. The lowest BCUT2D eigenvalue weighted by atomic mass is 9.96. The summed E-state index contributed by atoms with van der Waals surface area (Å²) >= 11 is 0. The summed E-state index contributed by atoms with van der Waals surface area (Å²) in [7, 11) is 0. The normalized spacial score (nSPS) is 15.1. The molecular weight excluding hydrogens is 144 g/mol. The molecule has 0 N–H and O–H groups in total. The Bertz CT molecular complexity index is 172. The lowest BCUT2D eigenvalue weighted by Crippen LogP contribution is -1.94. The van der Waals surface area contributed by atoms with E-state index in [0.29, 0.717) is 5.92 Å². The van der Waals surface area contributed by atoms with Crippen molar-refractivity contribution in [2.45, 2.75) is 33.6 Å². The summed E-state index contributed by atoms with van der Waals surface area (Å²) in [6, 6.07) is 0. The molecule has 0 saturated heterocycles. The molecule has 0 aliphatic heterocycles. The van der Waals surface area contributed by atoms with Crippen molar-refractivity contribution in [2.24, 2.45) is 5.92 Å². The molecule has 0 heteroatoms. The molecule has 0 bridgehead atoms. The zero-order valence-electron chi connectivity index (χ0n) is 8.51. The van der Waals surface area contributed by atoms with Crippen LogP contribution < -0.4 is 0 Å². The maximum Gasteiger partial charge on any atom is -0.00543 e. The fourth-order valence-corrected chi connectivity index (χ4v) is 1.20. The standard InChI is InChI=1S/C12H20/c1-5-8-9-10-12(7-3)11(4)6-2/h5-8,11H,2,9-10H2,1,3-4H3. The highest BCUT2D eigenvalue weighted by Crippen LogP contribution is 2.17. The highest BCUT2D eigenvalue weighted by atomic mass is 14.1. The first-order valence-corrected chi connectivity index (χ1v) is 4.65. The van der Waals surface area contributed by atoms with Gasteiger partial charge in [0.15, 0.2) is 0 Å². The molecule has 68 valence electrons. The third-order valence-corrected chi connectivity index (χ3v) is 2.14. The van der Waals surface area contributed by atoms with Crippen molar-refractivity contribution < 1.29 is 0 Å². The van der Waals surface area contributed by atoms with Crippen LogP contribution in [0.1, 0.15) is 33.6 Å². The summed E-state index contributed by atoms with van der Waals surface area (Å²) in [6.45, 7) is 10.2. The largest absolute Gasteiger partial charge is 0.102 e. The minimum atomic E-state index is 0.528. The zero-order chi connectivity index (χ0) is 9.40. The first kappa shape index (κ1) is 11.2. The first-order chi connectivity index (χ1) is 5.76. The van der Waals surface area contributed by atoms with Gasteiger partial charge in [0.2, 0.25) is 0 Å². The van der Waals surface area contributed by atoms with Crippen LogP contribution in [0.3, 0.4) is 0 Å². The van der Waals surface area contributed by atoms with Gasteiger partial charge in [-0.25, -0.2) is 0 Å². The van der Waals surface area contributed by atoms with Crippen molar-refractivity contribution >= 4 is 0 Å². The summed E-state index contributed by atoms with van der Waals surface area (Å²) in [6.07, 6.45) is 10.8. The first-order valence-electron chi connectivity index (χ1n) is 4.65. The summed E-state index contributed by atoms with van der Waals surface area (Å²) in [4.78, 5) is 0. The molecule has 0 aliphatic carbocycles. The molecule has 0 amide bonds. The lowest BCUT2D eigenvalue weighted by molar-refractivity contribution is 0.781. The summed E-state index contributed by atoms with van der Waals surface area (Å²) < 4.78 is 0. The van der Waals surface area contributed by atoms with Crippen molar-refractivity contribution in [2.75, 3.05) is 0 Å². The maximum absolute atomic E-state index is 3.80. The number of rotatable bonds is 5. The van der Waals surface area contributed by atoms with Gasteiger partial charge in [-0.05, 0) is 32.6 Å². The van der Waals surface area contributed by atoms with Crippen LogP contribution in [0.2, 0.25) is 0 Å². The molecule has 0 nitrogen and oxygen atoms in total. The van der Waals surface area contributed by atoms with Crippen molar-refractivity contribution in [3.05, 3.63) is 36.5 Å². The van der Waals surface area contributed by atoms with Gasteiger partial charge in [0.1, 0.15) is 0 Å². The van der Waals surface area contributed by atoms with Gasteiger partial charge in [0.05, 0.1) is 0 Å². The topological polar surface area (TPSA) is 0 Å². The maximum atomic E-state index is 3.80. The highest BCUT2D eigenvalue weighted by Gasteiger charge is 2.01. The molecule has 0 rings (SSSR count). The van der Waals surface area contributed by atoms with E-state index >= 15 is 0 Å². The second-order valence-corrected chi connectivity index (χ2v) is 3.00. The Morgan fingerprint density at radius 2 is 2.08 bits per heavy atom. The third kappa shape index (κ3) is 4.17. The second-order valence-electron chi connectivity index (χ2n) is 3.00. The molecule has 0 fully saturated rings. The molecule has 0 aromatic rings. The predicted molar refractivity (Wildman–Crippen MR) is 57.2 cm³/mol. The van der Waals surface area contributed by atoms with Crippen molar-refractivity contribution in [1.82, 2.24) is 0 Å². The Balaban J connectivity index is 3.93. The Hall–Kier alpha value is -0.780. The molecule has 0 aromatic carbocycles. The second kappa shape index (κ2) is 6.90. The van der Waals surface area contributed by atoms with Gasteiger partial charge in [0, 0.05) is 0 Å². The van der Waals surface area contributed by atoms with Gasteiger partial charge < -0.3 is 0 Å². The van der Waals surface area contributed by atoms with E-state index in [9.17, 15) is 0 Å². The van der Waals surface area contributed by atoms with Gasteiger partial charge in [-0.3, -0.25) is 0 Å². The summed E-state index contributed by atoms with van der Waals surface area (Å²) in [5.41, 5.74) is 1.49. The van der Waals surface area contributed by atoms with Gasteiger partial charge in [-0.2, -0.15) is 0 Å². The van der Waals surface area contributed by atoms with Crippen molar-refractivity contribution in [3.8, 4) is 0 Å². The van der Waals surface area contributed by atoms with E-state index in [2.05, 4.69) is 45.6 Å². The Labute approximate surface area is 76.7 Å². The van der Waals surface area contributed by atoms with Crippen molar-refractivity contribution in [1.29, 1.82) is 0 Å². The molecule has 0 saturated carbocycles. The van der Waals surface area contributed by atoms with Crippen LogP contribution in [0.4, 0.5) is 0 Å². The van der Waals surface area contributed by atoms with E-state index in [1.165, 1.54) is 5.57 Å². The van der Waals surface area contributed by atoms with E-state index in [1.54, 1.807) is 0 Å². The third-order valence-electron chi connectivity index (χ3n) is 2.14. The lowest BCUT2D eigenvalue weighted by Gasteiger charge is -2.09. The average Bonchev–Trinajstić information content (AvgIpc) is 2.11. The molecule has 0 spiro atoms.